The minimum absolute atomic E-state index is 0.0420. The summed E-state index contributed by atoms with van der Waals surface area (Å²) in [7, 11) is 0. The van der Waals surface area contributed by atoms with Crippen LogP contribution in [0.3, 0.4) is 0 Å². The number of unbranched alkanes of at least 4 members (excludes halogenated alkanes) is 2. The van der Waals surface area contributed by atoms with Crippen LogP contribution in [0.2, 0.25) is 0 Å². The van der Waals surface area contributed by atoms with Crippen molar-refractivity contribution in [3.8, 4) is 0 Å². The van der Waals surface area contributed by atoms with Crippen molar-refractivity contribution in [2.45, 2.75) is 58.3 Å². The van der Waals surface area contributed by atoms with Crippen molar-refractivity contribution in [2.75, 3.05) is 44.2 Å². The van der Waals surface area contributed by atoms with Crippen molar-refractivity contribution in [1.29, 1.82) is 0 Å². The summed E-state index contributed by atoms with van der Waals surface area (Å²) in [5.41, 5.74) is 6.83. The Morgan fingerprint density at radius 1 is 1.03 bits per heavy atom. The van der Waals surface area contributed by atoms with Gasteiger partial charge in [-0.25, -0.2) is 9.97 Å². The first-order valence-electron chi connectivity index (χ1n) is 12.9. The number of anilines is 1. The van der Waals surface area contributed by atoms with Gasteiger partial charge in [-0.15, -0.1) is 0 Å². The predicted octanol–water partition coefficient (Wildman–Crippen LogP) is 1.99. The normalized spacial score (nSPS) is 27.1. The molecule has 0 radical (unpaired) electrons. The van der Waals surface area contributed by atoms with Gasteiger partial charge in [0.15, 0.2) is 0 Å². The number of nitrogens with two attached hydrogens (primary N) is 1. The van der Waals surface area contributed by atoms with E-state index in [1.165, 1.54) is 18.4 Å². The number of nitrogens with zero attached hydrogens (tertiary/aromatic N) is 4. The number of nitrogens with one attached hydrogen (secondary N) is 1. The van der Waals surface area contributed by atoms with E-state index in [4.69, 9.17) is 5.73 Å². The minimum Gasteiger partial charge on any atom is -0.369 e. The van der Waals surface area contributed by atoms with Gasteiger partial charge >= 0.3 is 0 Å². The Hall–Kier alpha value is -2.22. The number of piperazine rings is 1. The fourth-order valence-electron chi connectivity index (χ4n) is 6.06. The Kier molecular flexibility index (Phi) is 8.17. The molecule has 1 aromatic heterocycles. The summed E-state index contributed by atoms with van der Waals surface area (Å²) in [6, 6.07) is 0. The maximum absolute atomic E-state index is 12.7. The van der Waals surface area contributed by atoms with Crippen molar-refractivity contribution < 1.29 is 9.59 Å². The number of aryl methyl sites for hydroxylation is 1. The average molecular weight is 457 g/mol. The van der Waals surface area contributed by atoms with Crippen LogP contribution < -0.4 is 16.0 Å². The highest BCUT2D eigenvalue weighted by molar-refractivity contribution is 5.88. The van der Waals surface area contributed by atoms with Gasteiger partial charge in [-0.3, -0.25) is 14.5 Å². The highest BCUT2D eigenvalue weighted by Gasteiger charge is 2.53. The van der Waals surface area contributed by atoms with E-state index >= 15 is 0 Å². The van der Waals surface area contributed by atoms with Gasteiger partial charge in [-0.1, -0.05) is 13.3 Å². The van der Waals surface area contributed by atoms with E-state index in [1.54, 1.807) is 0 Å². The molecule has 2 heterocycles. The van der Waals surface area contributed by atoms with E-state index in [2.05, 4.69) is 32.0 Å². The van der Waals surface area contributed by atoms with Crippen molar-refractivity contribution >= 4 is 17.8 Å². The number of carbonyl (C=O) groups is 2. The van der Waals surface area contributed by atoms with Gasteiger partial charge in [-0.05, 0) is 68.9 Å². The number of hydrogen-bond acceptors (Lipinski definition) is 6. The summed E-state index contributed by atoms with van der Waals surface area (Å²) >= 11 is 0. The van der Waals surface area contributed by atoms with Crippen LogP contribution in [0.25, 0.3) is 0 Å². The lowest BCUT2D eigenvalue weighted by Gasteiger charge is -2.34. The molecule has 8 heteroatoms. The quantitative estimate of drug-likeness (QED) is 0.494. The van der Waals surface area contributed by atoms with Crippen molar-refractivity contribution in [2.24, 2.45) is 29.4 Å². The Morgan fingerprint density at radius 2 is 1.73 bits per heavy atom. The second-order valence-electron chi connectivity index (χ2n) is 10.1. The zero-order chi connectivity index (χ0) is 23.2. The number of amides is 2. The summed E-state index contributed by atoms with van der Waals surface area (Å²) in [5, 5.41) is 3.09. The van der Waals surface area contributed by atoms with Crippen LogP contribution in [0.4, 0.5) is 5.95 Å². The molecule has 182 valence electrons. The van der Waals surface area contributed by atoms with E-state index in [1.807, 2.05) is 12.4 Å². The van der Waals surface area contributed by atoms with E-state index in [0.717, 1.165) is 77.2 Å². The minimum atomic E-state index is -0.292. The molecule has 2 aliphatic carbocycles. The topological polar surface area (TPSA) is 104 Å². The van der Waals surface area contributed by atoms with Crippen molar-refractivity contribution in [3.05, 3.63) is 18.0 Å². The first-order valence-corrected chi connectivity index (χ1v) is 12.9. The molecular weight excluding hydrogens is 416 g/mol. The first-order chi connectivity index (χ1) is 16.1. The van der Waals surface area contributed by atoms with Gasteiger partial charge in [-0.2, -0.15) is 0 Å². The molecule has 1 aromatic rings. The van der Waals surface area contributed by atoms with Crippen LogP contribution in [0.5, 0.6) is 0 Å². The average Bonchev–Trinajstić information content (AvgIpc) is 3.45. The number of carbonyl (C=O) groups excluding carboxylic acids is 2. The summed E-state index contributed by atoms with van der Waals surface area (Å²) in [6.07, 6.45) is 12.5. The molecule has 1 aliphatic heterocycles. The molecule has 0 spiro atoms. The standard InChI is InChI=1S/C25H40N6O2/c1-2-3-6-18-16-28-25(29-17-18)31-13-11-30(12-14-31)10-5-4-9-27-24(33)22-20-8-7-19(15-20)21(22)23(26)32/h16-17,19-22H,2-15H2,1H3,(H2,26,32)(H,27,33)/t19-,20+,21+,22-/m1/s1. The van der Waals surface area contributed by atoms with E-state index in [0.29, 0.717) is 18.4 Å². The van der Waals surface area contributed by atoms with Crippen LogP contribution in [0.1, 0.15) is 57.4 Å². The highest BCUT2D eigenvalue weighted by atomic mass is 16.2. The Labute approximate surface area is 197 Å². The van der Waals surface area contributed by atoms with E-state index in [9.17, 15) is 9.59 Å². The zero-order valence-corrected chi connectivity index (χ0v) is 20.0. The first kappa shape index (κ1) is 23.9. The van der Waals surface area contributed by atoms with Crippen molar-refractivity contribution in [1.82, 2.24) is 20.2 Å². The molecule has 0 aromatic carbocycles. The molecular formula is C25H40N6O2. The van der Waals surface area contributed by atoms with Crippen LogP contribution in [0, 0.1) is 23.7 Å². The maximum Gasteiger partial charge on any atom is 0.225 e. The number of hydrogen-bond donors (Lipinski definition) is 2. The third-order valence-corrected chi connectivity index (χ3v) is 7.91. The molecule has 0 unspecified atom stereocenters. The Morgan fingerprint density at radius 3 is 2.39 bits per heavy atom. The molecule has 1 saturated heterocycles. The third kappa shape index (κ3) is 5.83. The monoisotopic (exact) mass is 456 g/mol. The fraction of sp³-hybridized carbons (Fsp3) is 0.760. The molecule has 4 rings (SSSR count). The Bertz CT molecular complexity index is 793. The lowest BCUT2D eigenvalue weighted by atomic mass is 9.78. The lowest BCUT2D eigenvalue weighted by molar-refractivity contribution is -0.135. The molecule has 2 bridgehead atoms. The van der Waals surface area contributed by atoms with Gasteiger partial charge in [0, 0.05) is 45.1 Å². The van der Waals surface area contributed by atoms with Crippen LogP contribution in [-0.4, -0.2) is 66.0 Å². The van der Waals surface area contributed by atoms with Crippen LogP contribution >= 0.6 is 0 Å². The smallest absolute Gasteiger partial charge is 0.225 e. The highest BCUT2D eigenvalue weighted by Crippen LogP contribution is 2.52. The number of fused-ring (bicyclic) bond motifs is 2. The second kappa shape index (κ2) is 11.3. The largest absolute Gasteiger partial charge is 0.369 e. The van der Waals surface area contributed by atoms with Gasteiger partial charge < -0.3 is 16.0 Å². The van der Waals surface area contributed by atoms with Gasteiger partial charge in [0.2, 0.25) is 17.8 Å². The van der Waals surface area contributed by atoms with Crippen LogP contribution in [0.15, 0.2) is 12.4 Å². The number of rotatable bonds is 11. The summed E-state index contributed by atoms with van der Waals surface area (Å²) in [5.74, 6) is 0.813. The van der Waals surface area contributed by atoms with E-state index < -0.39 is 0 Å². The molecule has 3 fully saturated rings. The summed E-state index contributed by atoms with van der Waals surface area (Å²) in [6.45, 7) is 7.84. The second-order valence-corrected chi connectivity index (χ2v) is 10.1. The van der Waals surface area contributed by atoms with Gasteiger partial charge in [0.25, 0.3) is 0 Å². The van der Waals surface area contributed by atoms with E-state index in [-0.39, 0.29) is 23.7 Å². The SMILES string of the molecule is CCCCc1cnc(N2CCN(CCCCNC(=O)[C@@H]3[C@H]4CC[C@H](C4)[C@@H]3C(N)=O)CC2)nc1. The van der Waals surface area contributed by atoms with Crippen molar-refractivity contribution in [3.63, 3.8) is 0 Å². The molecule has 4 atom stereocenters. The number of aromatic nitrogens is 2. The molecule has 3 aliphatic rings. The molecule has 33 heavy (non-hydrogen) atoms. The van der Waals surface area contributed by atoms with Crippen LogP contribution in [-0.2, 0) is 16.0 Å². The van der Waals surface area contributed by atoms with Gasteiger partial charge in [0.1, 0.15) is 0 Å². The Balaban J connectivity index is 1.11. The maximum atomic E-state index is 12.7. The molecule has 8 nitrogen and oxygen atoms in total. The summed E-state index contributed by atoms with van der Waals surface area (Å²) in [4.78, 5) is 38.5. The molecule has 2 amide bonds. The molecule has 2 saturated carbocycles. The van der Waals surface area contributed by atoms with Gasteiger partial charge in [0.05, 0.1) is 11.8 Å². The lowest BCUT2D eigenvalue weighted by Crippen LogP contribution is -2.47. The summed E-state index contributed by atoms with van der Waals surface area (Å²) < 4.78 is 0. The zero-order valence-electron chi connectivity index (χ0n) is 20.0. The molecule has 3 N–H and O–H groups in total. The fourth-order valence-corrected chi connectivity index (χ4v) is 6.06. The third-order valence-electron chi connectivity index (χ3n) is 7.91. The number of primary amides is 1. The predicted molar refractivity (Wildman–Crippen MR) is 129 cm³/mol.